The van der Waals surface area contributed by atoms with Crippen molar-refractivity contribution in [3.05, 3.63) is 36.3 Å². The average molecular weight is 387 g/mol. The normalized spacial score (nSPS) is 16.8. The summed E-state index contributed by atoms with van der Waals surface area (Å²) in [7, 11) is 0. The van der Waals surface area contributed by atoms with Gasteiger partial charge in [-0.25, -0.2) is 9.78 Å². The number of alkyl carbamates (subject to hydrolysis) is 1. The highest BCUT2D eigenvalue weighted by atomic mass is 16.6. The highest BCUT2D eigenvalue weighted by Crippen LogP contribution is 2.11. The van der Waals surface area contributed by atoms with Crippen molar-refractivity contribution in [2.75, 3.05) is 26.2 Å². The number of imidazole rings is 1. The van der Waals surface area contributed by atoms with Crippen molar-refractivity contribution in [3.63, 3.8) is 0 Å². The Morgan fingerprint density at radius 3 is 2.57 bits per heavy atom. The molecule has 0 unspecified atom stereocenters. The van der Waals surface area contributed by atoms with Crippen LogP contribution in [0.2, 0.25) is 0 Å². The number of amides is 2. The number of fused-ring (bicyclic) bond motifs is 1. The van der Waals surface area contributed by atoms with Gasteiger partial charge in [0.05, 0.1) is 5.69 Å². The molecule has 8 nitrogen and oxygen atoms in total. The molecule has 1 atom stereocenters. The largest absolute Gasteiger partial charge is 0.444 e. The summed E-state index contributed by atoms with van der Waals surface area (Å²) in [5, 5.41) is 2.62. The maximum absolute atomic E-state index is 12.6. The van der Waals surface area contributed by atoms with E-state index >= 15 is 0 Å². The molecule has 2 aromatic heterocycles. The molecule has 0 bridgehead atoms. The number of rotatable bonds is 4. The number of carbonyl (C=O) groups is 2. The smallest absolute Gasteiger partial charge is 0.408 e. The lowest BCUT2D eigenvalue weighted by atomic mass is 10.2. The summed E-state index contributed by atoms with van der Waals surface area (Å²) in [5.41, 5.74) is 1.37. The van der Waals surface area contributed by atoms with Crippen LogP contribution in [0.4, 0.5) is 4.79 Å². The summed E-state index contributed by atoms with van der Waals surface area (Å²) in [4.78, 5) is 33.2. The SMILES string of the molecule is C[C@@H](NC(=O)OC(C)(C)C)C(=O)N1CCN(Cc2cn3ccccc3n2)CC1. The van der Waals surface area contributed by atoms with Crippen LogP contribution in [0, 0.1) is 0 Å². The van der Waals surface area contributed by atoms with Crippen molar-refractivity contribution in [2.24, 2.45) is 0 Å². The molecule has 3 rings (SSSR count). The van der Waals surface area contributed by atoms with Crippen LogP contribution in [0.25, 0.3) is 5.65 Å². The zero-order valence-corrected chi connectivity index (χ0v) is 17.0. The van der Waals surface area contributed by atoms with Gasteiger partial charge in [-0.15, -0.1) is 0 Å². The van der Waals surface area contributed by atoms with Crippen molar-refractivity contribution in [3.8, 4) is 0 Å². The molecule has 2 amide bonds. The van der Waals surface area contributed by atoms with Crippen LogP contribution < -0.4 is 5.32 Å². The first-order valence-electron chi connectivity index (χ1n) is 9.64. The molecule has 1 N–H and O–H groups in total. The molecule has 1 saturated heterocycles. The van der Waals surface area contributed by atoms with Crippen molar-refractivity contribution < 1.29 is 14.3 Å². The fraction of sp³-hybridized carbons (Fsp3) is 0.550. The van der Waals surface area contributed by atoms with Gasteiger partial charge in [0.2, 0.25) is 5.91 Å². The van der Waals surface area contributed by atoms with E-state index in [0.717, 1.165) is 31.0 Å². The number of nitrogens with zero attached hydrogens (tertiary/aromatic N) is 4. The first-order valence-corrected chi connectivity index (χ1v) is 9.64. The Hall–Kier alpha value is -2.61. The Morgan fingerprint density at radius 2 is 1.93 bits per heavy atom. The Balaban J connectivity index is 1.47. The van der Waals surface area contributed by atoms with Crippen LogP contribution in [-0.2, 0) is 16.1 Å². The second kappa shape index (κ2) is 8.18. The summed E-state index contributed by atoms with van der Waals surface area (Å²) in [6.45, 7) is 10.6. The van der Waals surface area contributed by atoms with E-state index in [0.29, 0.717) is 13.1 Å². The topological polar surface area (TPSA) is 79.2 Å². The van der Waals surface area contributed by atoms with E-state index in [9.17, 15) is 9.59 Å². The van der Waals surface area contributed by atoms with E-state index in [2.05, 4.69) is 15.2 Å². The lowest BCUT2D eigenvalue weighted by Crippen LogP contribution is -2.54. The van der Waals surface area contributed by atoms with Gasteiger partial charge in [0, 0.05) is 45.1 Å². The molecule has 8 heteroatoms. The number of hydrogen-bond donors (Lipinski definition) is 1. The van der Waals surface area contributed by atoms with Gasteiger partial charge in [-0.1, -0.05) is 6.07 Å². The molecule has 1 aliphatic rings. The zero-order valence-electron chi connectivity index (χ0n) is 17.0. The van der Waals surface area contributed by atoms with Crippen LogP contribution in [0.15, 0.2) is 30.6 Å². The summed E-state index contributed by atoms with van der Waals surface area (Å²) in [5.74, 6) is -0.0850. The summed E-state index contributed by atoms with van der Waals surface area (Å²) >= 11 is 0. The first kappa shape index (κ1) is 20.1. The Kier molecular flexibility index (Phi) is 5.88. The van der Waals surface area contributed by atoms with Gasteiger partial charge in [-0.3, -0.25) is 9.69 Å². The monoisotopic (exact) mass is 387 g/mol. The molecule has 28 heavy (non-hydrogen) atoms. The van der Waals surface area contributed by atoms with Crippen LogP contribution in [0.3, 0.4) is 0 Å². The molecule has 0 saturated carbocycles. The molecule has 3 heterocycles. The van der Waals surface area contributed by atoms with Gasteiger partial charge >= 0.3 is 6.09 Å². The summed E-state index contributed by atoms with van der Waals surface area (Å²) < 4.78 is 7.23. The lowest BCUT2D eigenvalue weighted by Gasteiger charge is -2.35. The van der Waals surface area contributed by atoms with E-state index in [1.807, 2.05) is 35.0 Å². The second-order valence-electron chi connectivity index (χ2n) is 8.17. The van der Waals surface area contributed by atoms with Crippen LogP contribution in [0.1, 0.15) is 33.4 Å². The third-order valence-corrected chi connectivity index (χ3v) is 4.59. The van der Waals surface area contributed by atoms with E-state index in [1.165, 1.54) is 0 Å². The highest BCUT2D eigenvalue weighted by Gasteiger charge is 2.27. The molecule has 152 valence electrons. The average Bonchev–Trinajstić information content (AvgIpc) is 3.02. The fourth-order valence-corrected chi connectivity index (χ4v) is 3.24. The minimum atomic E-state index is -0.611. The second-order valence-corrected chi connectivity index (χ2v) is 8.17. The molecular formula is C20H29N5O3. The van der Waals surface area contributed by atoms with Gasteiger partial charge in [-0.2, -0.15) is 0 Å². The van der Waals surface area contributed by atoms with E-state index < -0.39 is 17.7 Å². The lowest BCUT2D eigenvalue weighted by molar-refractivity contribution is -0.134. The quantitative estimate of drug-likeness (QED) is 0.867. The maximum Gasteiger partial charge on any atom is 0.408 e. The zero-order chi connectivity index (χ0) is 20.3. The van der Waals surface area contributed by atoms with E-state index in [4.69, 9.17) is 4.74 Å². The van der Waals surface area contributed by atoms with Gasteiger partial charge in [0.1, 0.15) is 17.3 Å². The number of piperazine rings is 1. The van der Waals surface area contributed by atoms with Gasteiger partial charge in [0.15, 0.2) is 0 Å². The third kappa shape index (κ3) is 5.22. The highest BCUT2D eigenvalue weighted by molar-refractivity contribution is 5.85. The summed E-state index contributed by atoms with van der Waals surface area (Å²) in [6.07, 6.45) is 3.46. The molecule has 1 fully saturated rings. The molecule has 0 aliphatic carbocycles. The molecule has 0 radical (unpaired) electrons. The standard InChI is InChI=1S/C20H29N5O3/c1-15(21-19(27)28-20(2,3)4)18(26)24-11-9-23(10-12-24)13-16-14-25-8-6-5-7-17(25)22-16/h5-8,14-15H,9-13H2,1-4H3,(H,21,27)/t15-/m1/s1. The fourth-order valence-electron chi connectivity index (χ4n) is 3.24. The summed E-state index contributed by atoms with van der Waals surface area (Å²) in [6, 6.07) is 5.33. The van der Waals surface area contributed by atoms with Crippen LogP contribution in [0.5, 0.6) is 0 Å². The minimum absolute atomic E-state index is 0.0850. The Labute approximate surface area is 165 Å². The predicted octanol–water partition coefficient (Wildman–Crippen LogP) is 1.89. The molecule has 0 aromatic carbocycles. The first-order chi connectivity index (χ1) is 13.2. The minimum Gasteiger partial charge on any atom is -0.444 e. The third-order valence-electron chi connectivity index (χ3n) is 4.59. The number of aromatic nitrogens is 2. The molecule has 1 aliphatic heterocycles. The van der Waals surface area contributed by atoms with Gasteiger partial charge < -0.3 is 19.4 Å². The van der Waals surface area contributed by atoms with E-state index in [1.54, 1.807) is 32.6 Å². The van der Waals surface area contributed by atoms with Crippen molar-refractivity contribution >= 4 is 17.6 Å². The number of nitrogens with one attached hydrogen (secondary N) is 1. The van der Waals surface area contributed by atoms with Crippen LogP contribution >= 0.6 is 0 Å². The molecule has 2 aromatic rings. The maximum atomic E-state index is 12.6. The van der Waals surface area contributed by atoms with Gasteiger partial charge in [-0.05, 0) is 39.8 Å². The predicted molar refractivity (Wildman–Crippen MR) is 106 cm³/mol. The van der Waals surface area contributed by atoms with Crippen molar-refractivity contribution in [2.45, 2.75) is 45.9 Å². The number of carbonyl (C=O) groups excluding carboxylic acids is 2. The molecule has 0 spiro atoms. The Bertz CT molecular complexity index is 801. The number of ether oxygens (including phenoxy) is 1. The van der Waals surface area contributed by atoms with Crippen LogP contribution in [-0.4, -0.2) is 69.0 Å². The Morgan fingerprint density at radius 1 is 1.21 bits per heavy atom. The van der Waals surface area contributed by atoms with E-state index in [-0.39, 0.29) is 5.91 Å². The van der Waals surface area contributed by atoms with Crippen molar-refractivity contribution in [1.29, 1.82) is 0 Å². The number of pyridine rings is 1. The molecular weight excluding hydrogens is 358 g/mol. The van der Waals surface area contributed by atoms with Gasteiger partial charge in [0.25, 0.3) is 0 Å². The van der Waals surface area contributed by atoms with Crippen molar-refractivity contribution in [1.82, 2.24) is 24.5 Å². The number of hydrogen-bond acceptors (Lipinski definition) is 5.